The Morgan fingerprint density at radius 2 is 1.97 bits per heavy atom. The first kappa shape index (κ1) is 23.3. The molecule has 1 aromatic heterocycles. The normalized spacial score (nSPS) is 12.6. The second-order valence-corrected chi connectivity index (χ2v) is 8.40. The number of carbonyl (C=O) groups is 3. The topological polar surface area (TPSA) is 112 Å². The summed E-state index contributed by atoms with van der Waals surface area (Å²) < 4.78 is 5.17. The maximum absolute atomic E-state index is 12.6. The Morgan fingerprint density at radius 3 is 2.56 bits per heavy atom. The molecular weight excluding hydrogens is 428 g/mol. The first-order chi connectivity index (χ1) is 15.3. The van der Waals surface area contributed by atoms with Crippen LogP contribution >= 0.6 is 11.8 Å². The van der Waals surface area contributed by atoms with Crippen molar-refractivity contribution in [2.45, 2.75) is 30.7 Å². The Morgan fingerprint density at radius 1 is 1.28 bits per heavy atom. The molecule has 0 bridgehead atoms. The Labute approximate surface area is 191 Å². The second-order valence-electron chi connectivity index (χ2n) is 7.61. The van der Waals surface area contributed by atoms with Gasteiger partial charge in [-0.2, -0.15) is 5.26 Å². The predicted molar refractivity (Wildman–Crippen MR) is 120 cm³/mol. The smallest absolute Gasteiger partial charge is 0.340 e. The molecule has 0 saturated heterocycles. The molecule has 1 saturated carbocycles. The van der Waals surface area contributed by atoms with Crippen molar-refractivity contribution in [3.8, 4) is 6.07 Å². The molecule has 0 atom stereocenters. The van der Waals surface area contributed by atoms with Crippen LogP contribution in [0.2, 0.25) is 0 Å². The maximum atomic E-state index is 12.6. The molecule has 1 fully saturated rings. The zero-order valence-corrected chi connectivity index (χ0v) is 19.0. The molecule has 1 aromatic carbocycles. The molecule has 1 aliphatic carbocycles. The molecule has 166 valence electrons. The summed E-state index contributed by atoms with van der Waals surface area (Å²) in [4.78, 5) is 42.8. The van der Waals surface area contributed by atoms with Crippen molar-refractivity contribution >= 4 is 35.2 Å². The van der Waals surface area contributed by atoms with Crippen LogP contribution in [0.5, 0.6) is 0 Å². The number of hydrogen-bond acceptors (Lipinski definition) is 7. The third-order valence-electron chi connectivity index (χ3n) is 5.00. The number of likely N-dealkylation sites (N-methyl/N-ethyl adjacent to an activating group) is 1. The summed E-state index contributed by atoms with van der Waals surface area (Å²) in [5, 5.41) is 12.7. The number of benzene rings is 1. The minimum Gasteiger partial charge on any atom is -0.452 e. The highest BCUT2D eigenvalue weighted by Gasteiger charge is 2.29. The van der Waals surface area contributed by atoms with Crippen molar-refractivity contribution < 1.29 is 19.1 Å². The van der Waals surface area contributed by atoms with Crippen LogP contribution < -0.4 is 5.32 Å². The van der Waals surface area contributed by atoms with Gasteiger partial charge >= 0.3 is 5.97 Å². The Hall–Kier alpha value is -3.38. The fourth-order valence-electron chi connectivity index (χ4n) is 3.00. The van der Waals surface area contributed by atoms with Crippen molar-refractivity contribution in [2.75, 3.05) is 31.8 Å². The van der Waals surface area contributed by atoms with E-state index in [2.05, 4.69) is 10.3 Å². The molecule has 32 heavy (non-hydrogen) atoms. The number of amides is 2. The van der Waals surface area contributed by atoms with Crippen LogP contribution in [-0.4, -0.2) is 54.1 Å². The molecule has 1 aliphatic rings. The Bertz CT molecular complexity index is 1070. The molecule has 2 aromatic rings. The third kappa shape index (κ3) is 5.86. The van der Waals surface area contributed by atoms with E-state index in [4.69, 9.17) is 4.74 Å². The zero-order valence-electron chi connectivity index (χ0n) is 18.2. The lowest BCUT2D eigenvalue weighted by atomic mass is 10.1. The van der Waals surface area contributed by atoms with Gasteiger partial charge in [0.25, 0.3) is 5.91 Å². The third-order valence-corrected chi connectivity index (χ3v) is 5.68. The quantitative estimate of drug-likeness (QED) is 0.484. The van der Waals surface area contributed by atoms with Gasteiger partial charge in [-0.3, -0.25) is 9.59 Å². The number of thioether (sulfide) groups is 1. The molecule has 8 nitrogen and oxygen atoms in total. The van der Waals surface area contributed by atoms with Gasteiger partial charge in [0.05, 0.1) is 17.7 Å². The number of aromatic nitrogens is 1. The average Bonchev–Trinajstić information content (AvgIpc) is 3.63. The minimum atomic E-state index is -0.757. The minimum absolute atomic E-state index is 0.112. The first-order valence-electron chi connectivity index (χ1n) is 10.1. The lowest BCUT2D eigenvalue weighted by Gasteiger charge is -2.17. The highest BCUT2D eigenvalue weighted by atomic mass is 32.2. The van der Waals surface area contributed by atoms with Crippen molar-refractivity contribution in [3.63, 3.8) is 0 Å². The number of hydrogen-bond donors (Lipinski definition) is 1. The van der Waals surface area contributed by atoms with Gasteiger partial charge in [-0.05, 0) is 44.2 Å². The van der Waals surface area contributed by atoms with Crippen molar-refractivity contribution in [1.29, 1.82) is 5.26 Å². The standard InChI is InChI=1S/C23H24N4O4S/c1-14-4-8-16(9-5-14)25-20(28)12-27(2)21(29)13-31-23(30)17-10-19(15-6-7-15)26-22(32-3)18(17)11-24/h4-5,8-10,15H,6-7,12-13H2,1-3H3,(H,25,28). The first-order valence-corrected chi connectivity index (χ1v) is 11.3. The van der Waals surface area contributed by atoms with E-state index in [1.54, 1.807) is 24.5 Å². The lowest BCUT2D eigenvalue weighted by Crippen LogP contribution is -2.37. The van der Waals surface area contributed by atoms with Crippen LogP contribution in [0.3, 0.4) is 0 Å². The van der Waals surface area contributed by atoms with Crippen LogP contribution in [0.4, 0.5) is 5.69 Å². The Kier molecular flexibility index (Phi) is 7.49. The summed E-state index contributed by atoms with van der Waals surface area (Å²) in [5.74, 6) is -1.36. The molecule has 9 heteroatoms. The van der Waals surface area contributed by atoms with E-state index in [0.717, 1.165) is 24.1 Å². The molecule has 2 amide bonds. The zero-order chi connectivity index (χ0) is 23.3. The van der Waals surface area contributed by atoms with E-state index in [1.165, 1.54) is 23.7 Å². The van der Waals surface area contributed by atoms with E-state index < -0.39 is 18.5 Å². The number of anilines is 1. The molecular formula is C23H24N4O4S. The van der Waals surface area contributed by atoms with Crippen LogP contribution in [0.25, 0.3) is 0 Å². The summed E-state index contributed by atoms with van der Waals surface area (Å²) in [6.07, 6.45) is 3.78. The van der Waals surface area contributed by atoms with Crippen molar-refractivity contribution in [1.82, 2.24) is 9.88 Å². The van der Waals surface area contributed by atoms with Crippen LogP contribution in [-0.2, 0) is 14.3 Å². The summed E-state index contributed by atoms with van der Waals surface area (Å²) in [6, 6.07) is 10.9. The number of nitrogens with zero attached hydrogens (tertiary/aromatic N) is 3. The van der Waals surface area contributed by atoms with E-state index in [0.29, 0.717) is 16.6 Å². The molecule has 1 heterocycles. The fourth-order valence-corrected chi connectivity index (χ4v) is 3.56. The largest absolute Gasteiger partial charge is 0.452 e. The van der Waals surface area contributed by atoms with Crippen LogP contribution in [0.1, 0.15) is 45.9 Å². The average molecular weight is 453 g/mol. The summed E-state index contributed by atoms with van der Waals surface area (Å²) in [7, 11) is 1.45. The van der Waals surface area contributed by atoms with Gasteiger partial charge in [-0.15, -0.1) is 11.8 Å². The van der Waals surface area contributed by atoms with E-state index in [9.17, 15) is 19.6 Å². The fraction of sp³-hybridized carbons (Fsp3) is 0.348. The molecule has 0 spiro atoms. The number of rotatable bonds is 8. The van der Waals surface area contributed by atoms with Crippen LogP contribution in [0, 0.1) is 18.3 Å². The molecule has 0 radical (unpaired) electrons. The SMILES string of the molecule is CSc1nc(C2CC2)cc(C(=O)OCC(=O)N(C)CC(=O)Nc2ccc(C)cc2)c1C#N. The molecule has 0 aliphatic heterocycles. The van der Waals surface area contributed by atoms with E-state index in [1.807, 2.05) is 25.1 Å². The predicted octanol–water partition coefficient (Wildman–Crippen LogP) is 3.11. The molecule has 0 unspecified atom stereocenters. The summed E-state index contributed by atoms with van der Waals surface area (Å²) in [5.41, 5.74) is 2.72. The lowest BCUT2D eigenvalue weighted by molar-refractivity contribution is -0.136. The van der Waals surface area contributed by atoms with Gasteiger partial charge in [-0.25, -0.2) is 9.78 Å². The summed E-state index contributed by atoms with van der Waals surface area (Å²) >= 11 is 1.29. The van der Waals surface area contributed by atoms with Crippen molar-refractivity contribution in [2.24, 2.45) is 0 Å². The van der Waals surface area contributed by atoms with Gasteiger partial charge < -0.3 is 15.0 Å². The van der Waals surface area contributed by atoms with Crippen LogP contribution in [0.15, 0.2) is 35.4 Å². The number of aryl methyl sites for hydroxylation is 1. The highest BCUT2D eigenvalue weighted by Crippen LogP contribution is 2.40. The maximum Gasteiger partial charge on any atom is 0.340 e. The second kappa shape index (κ2) is 10.3. The van der Waals surface area contributed by atoms with Gasteiger partial charge in [0.15, 0.2) is 6.61 Å². The number of carbonyl (C=O) groups excluding carboxylic acids is 3. The highest BCUT2D eigenvalue weighted by molar-refractivity contribution is 7.98. The Balaban J connectivity index is 1.58. The monoisotopic (exact) mass is 452 g/mol. The van der Waals surface area contributed by atoms with E-state index in [-0.39, 0.29) is 23.6 Å². The number of nitriles is 1. The van der Waals surface area contributed by atoms with Gasteiger partial charge in [0, 0.05) is 24.3 Å². The van der Waals surface area contributed by atoms with Gasteiger partial charge in [0.2, 0.25) is 5.91 Å². The number of nitrogens with one attached hydrogen (secondary N) is 1. The number of esters is 1. The molecule has 3 rings (SSSR count). The van der Waals surface area contributed by atoms with Gasteiger partial charge in [-0.1, -0.05) is 17.7 Å². The summed E-state index contributed by atoms with van der Waals surface area (Å²) in [6.45, 7) is 1.22. The van der Waals surface area contributed by atoms with Crippen molar-refractivity contribution in [3.05, 3.63) is 52.7 Å². The molecule has 1 N–H and O–H groups in total. The number of pyridine rings is 1. The van der Waals surface area contributed by atoms with Gasteiger partial charge in [0.1, 0.15) is 11.1 Å². The number of ether oxygens (including phenoxy) is 1. The van der Waals surface area contributed by atoms with E-state index >= 15 is 0 Å².